The van der Waals surface area contributed by atoms with E-state index in [4.69, 9.17) is 28.1 Å². The van der Waals surface area contributed by atoms with Crippen molar-refractivity contribution in [3.05, 3.63) is 34.7 Å². The Morgan fingerprint density at radius 1 is 0.865 bits per heavy atom. The molecule has 5 atom stereocenters. The maximum Gasteiger partial charge on any atom is 0.229 e. The van der Waals surface area contributed by atoms with Crippen molar-refractivity contribution in [2.24, 2.45) is 0 Å². The standard InChI is InChI=1S/C24H26O13/c1-32-12-4-9(5-13(33-2)18(12)27)10-8-35-11-6-14(23(34-3)20(29)16(11)17(10)26)36-24-22(31)21(30)19(28)15(7-25)37-24/h4-6,8,15,19,21-22,24-25,27-31H,7H2,1-3H3/t15?,19-,21+,22?,24-/m1/s1. The van der Waals surface area contributed by atoms with Crippen LogP contribution in [0.5, 0.6) is 34.5 Å². The van der Waals surface area contributed by atoms with E-state index < -0.39 is 48.5 Å². The van der Waals surface area contributed by atoms with Gasteiger partial charge in [-0.1, -0.05) is 0 Å². The van der Waals surface area contributed by atoms with Crippen molar-refractivity contribution < 1.29 is 58.7 Å². The molecular formula is C24H26O13. The summed E-state index contributed by atoms with van der Waals surface area (Å²) in [7, 11) is 3.85. The molecule has 1 aromatic heterocycles. The summed E-state index contributed by atoms with van der Waals surface area (Å²) in [5.41, 5.74) is -0.512. The number of ether oxygens (including phenoxy) is 5. The van der Waals surface area contributed by atoms with Gasteiger partial charge in [-0.2, -0.15) is 0 Å². The van der Waals surface area contributed by atoms with Crippen LogP contribution in [0.1, 0.15) is 0 Å². The lowest BCUT2D eigenvalue weighted by molar-refractivity contribution is -0.277. The van der Waals surface area contributed by atoms with Crippen LogP contribution in [0.25, 0.3) is 22.1 Å². The van der Waals surface area contributed by atoms with Crippen molar-refractivity contribution >= 4 is 11.0 Å². The third-order valence-corrected chi connectivity index (χ3v) is 6.05. The topological polar surface area (TPSA) is 198 Å². The summed E-state index contributed by atoms with van der Waals surface area (Å²) in [5.74, 6) is -1.36. The third-order valence-electron chi connectivity index (χ3n) is 6.05. The highest BCUT2D eigenvalue weighted by Crippen LogP contribution is 2.44. The molecule has 0 saturated carbocycles. The highest BCUT2D eigenvalue weighted by atomic mass is 16.7. The number of fused-ring (bicyclic) bond motifs is 1. The van der Waals surface area contributed by atoms with Gasteiger partial charge in [0.1, 0.15) is 41.6 Å². The Morgan fingerprint density at radius 3 is 2.08 bits per heavy atom. The molecule has 0 bridgehead atoms. The molecule has 1 saturated heterocycles. The number of hydrogen-bond acceptors (Lipinski definition) is 13. The fourth-order valence-electron chi connectivity index (χ4n) is 4.05. The number of benzene rings is 2. The van der Waals surface area contributed by atoms with Gasteiger partial charge in [-0.25, -0.2) is 0 Å². The molecule has 13 nitrogen and oxygen atoms in total. The number of phenolic OH excluding ortho intramolecular Hbond substituents is 2. The maximum absolute atomic E-state index is 13.4. The average molecular weight is 522 g/mol. The molecular weight excluding hydrogens is 496 g/mol. The normalized spacial score (nSPS) is 23.6. The Labute approximate surface area is 209 Å². The van der Waals surface area contributed by atoms with Crippen LogP contribution < -0.4 is 24.4 Å². The summed E-state index contributed by atoms with van der Waals surface area (Å²) in [4.78, 5) is 13.4. The summed E-state index contributed by atoms with van der Waals surface area (Å²) < 4.78 is 32.0. The SMILES string of the molecule is COc1cc(-c2coc3cc(O[C@@H]4OC(CO)[C@@H](O)[C@H](O)C4O)c(OC)c(O)c3c2=O)cc(OC)c1O. The maximum atomic E-state index is 13.4. The Balaban J connectivity index is 1.81. The summed E-state index contributed by atoms with van der Waals surface area (Å²) in [6.45, 7) is -0.671. The second-order valence-corrected chi connectivity index (χ2v) is 8.15. The fourth-order valence-corrected chi connectivity index (χ4v) is 4.05. The van der Waals surface area contributed by atoms with Crippen LogP contribution in [0.3, 0.4) is 0 Å². The fraction of sp³-hybridized carbons (Fsp3) is 0.375. The van der Waals surface area contributed by atoms with Crippen LogP contribution in [0.2, 0.25) is 0 Å². The molecule has 37 heavy (non-hydrogen) atoms. The first kappa shape index (κ1) is 26.3. The Morgan fingerprint density at radius 2 is 1.51 bits per heavy atom. The smallest absolute Gasteiger partial charge is 0.229 e. The van der Waals surface area contributed by atoms with E-state index in [-0.39, 0.29) is 50.8 Å². The number of aliphatic hydroxyl groups excluding tert-OH is 4. The molecule has 0 amide bonds. The van der Waals surface area contributed by atoms with Gasteiger partial charge in [-0.3, -0.25) is 4.79 Å². The molecule has 2 aromatic carbocycles. The zero-order valence-corrected chi connectivity index (χ0v) is 19.9. The van der Waals surface area contributed by atoms with E-state index in [9.17, 15) is 35.4 Å². The monoisotopic (exact) mass is 522 g/mol. The molecule has 2 heterocycles. The second kappa shape index (κ2) is 10.3. The molecule has 6 N–H and O–H groups in total. The Bertz CT molecular complexity index is 1320. The lowest BCUT2D eigenvalue weighted by Gasteiger charge is -2.39. The van der Waals surface area contributed by atoms with Gasteiger partial charge in [-0.05, 0) is 17.7 Å². The highest BCUT2D eigenvalue weighted by Gasteiger charge is 2.45. The third kappa shape index (κ3) is 4.47. The van der Waals surface area contributed by atoms with Crippen LogP contribution >= 0.6 is 0 Å². The predicted octanol–water partition coefficient (Wildman–Crippen LogP) is 0.0757. The molecule has 0 spiro atoms. The highest BCUT2D eigenvalue weighted by molar-refractivity contribution is 5.91. The van der Waals surface area contributed by atoms with E-state index >= 15 is 0 Å². The first-order valence-corrected chi connectivity index (χ1v) is 10.9. The molecule has 200 valence electrons. The lowest BCUT2D eigenvalue weighted by Crippen LogP contribution is -2.60. The predicted molar refractivity (Wildman–Crippen MR) is 125 cm³/mol. The number of phenols is 2. The molecule has 0 aliphatic carbocycles. The quantitative estimate of drug-likeness (QED) is 0.244. The van der Waals surface area contributed by atoms with E-state index in [2.05, 4.69) is 0 Å². The molecule has 1 aliphatic heterocycles. The van der Waals surface area contributed by atoms with Crippen LogP contribution in [-0.4, -0.2) is 89.3 Å². The van der Waals surface area contributed by atoms with E-state index in [0.29, 0.717) is 0 Å². The number of methoxy groups -OCH3 is 3. The largest absolute Gasteiger partial charge is 0.504 e. The van der Waals surface area contributed by atoms with Crippen molar-refractivity contribution in [1.82, 2.24) is 0 Å². The number of aliphatic hydroxyl groups is 4. The van der Waals surface area contributed by atoms with Gasteiger partial charge in [0, 0.05) is 6.07 Å². The minimum atomic E-state index is -1.73. The molecule has 13 heteroatoms. The van der Waals surface area contributed by atoms with Crippen molar-refractivity contribution in [3.63, 3.8) is 0 Å². The molecule has 3 aromatic rings. The molecule has 2 unspecified atom stereocenters. The first-order valence-electron chi connectivity index (χ1n) is 10.9. The Hall–Kier alpha value is -3.75. The average Bonchev–Trinajstić information content (AvgIpc) is 2.89. The zero-order valence-electron chi connectivity index (χ0n) is 19.9. The Kier molecular flexibility index (Phi) is 7.34. The zero-order chi connectivity index (χ0) is 27.0. The summed E-state index contributed by atoms with van der Waals surface area (Å²) >= 11 is 0. The molecule has 0 radical (unpaired) electrons. The van der Waals surface area contributed by atoms with Crippen molar-refractivity contribution in [2.75, 3.05) is 27.9 Å². The van der Waals surface area contributed by atoms with E-state index in [1.165, 1.54) is 39.5 Å². The van der Waals surface area contributed by atoms with Crippen molar-refractivity contribution in [2.45, 2.75) is 30.7 Å². The van der Waals surface area contributed by atoms with Gasteiger partial charge in [0.15, 0.2) is 23.0 Å². The number of hydrogen-bond donors (Lipinski definition) is 6. The van der Waals surface area contributed by atoms with Crippen molar-refractivity contribution in [1.29, 1.82) is 0 Å². The summed E-state index contributed by atoms with van der Waals surface area (Å²) in [6.07, 6.45) is -6.71. The van der Waals surface area contributed by atoms with Crippen molar-refractivity contribution in [3.8, 4) is 45.6 Å². The molecule has 1 fully saturated rings. The minimum absolute atomic E-state index is 0.00375. The van der Waals surface area contributed by atoms with E-state index in [0.717, 1.165) is 6.26 Å². The van der Waals surface area contributed by atoms with Crippen LogP contribution in [-0.2, 0) is 4.74 Å². The van der Waals surface area contributed by atoms with Crippen LogP contribution in [0, 0.1) is 0 Å². The van der Waals surface area contributed by atoms with Gasteiger partial charge < -0.3 is 58.7 Å². The van der Waals surface area contributed by atoms with Crippen LogP contribution in [0.15, 0.2) is 33.7 Å². The van der Waals surface area contributed by atoms with Gasteiger partial charge >= 0.3 is 0 Å². The lowest BCUT2D eigenvalue weighted by atomic mass is 9.99. The van der Waals surface area contributed by atoms with E-state index in [1.54, 1.807) is 0 Å². The number of aromatic hydroxyl groups is 2. The number of rotatable bonds is 7. The summed E-state index contributed by atoms with van der Waals surface area (Å²) in [6, 6.07) is 3.99. The van der Waals surface area contributed by atoms with E-state index in [1.807, 2.05) is 0 Å². The second-order valence-electron chi connectivity index (χ2n) is 8.15. The van der Waals surface area contributed by atoms with Gasteiger partial charge in [0.25, 0.3) is 0 Å². The van der Waals surface area contributed by atoms with Crippen LogP contribution in [0.4, 0.5) is 0 Å². The first-order chi connectivity index (χ1) is 17.7. The van der Waals surface area contributed by atoms with Gasteiger partial charge in [0.05, 0.1) is 33.5 Å². The summed E-state index contributed by atoms with van der Waals surface area (Å²) in [5, 5.41) is 60.5. The van der Waals surface area contributed by atoms with Gasteiger partial charge in [0.2, 0.25) is 23.2 Å². The molecule has 4 rings (SSSR count). The minimum Gasteiger partial charge on any atom is -0.504 e. The van der Waals surface area contributed by atoms with Gasteiger partial charge in [-0.15, -0.1) is 0 Å². The molecule has 1 aliphatic rings.